The molecule has 20 heavy (non-hydrogen) atoms. The van der Waals surface area contributed by atoms with Crippen LogP contribution < -0.4 is 0 Å². The first-order valence-electron chi connectivity index (χ1n) is 5.91. The highest BCUT2D eigenvalue weighted by Crippen LogP contribution is 2.54. The lowest BCUT2D eigenvalue weighted by Gasteiger charge is -2.53. The molecule has 0 aromatic rings. The average molecular weight is 290 g/mol. The number of aliphatic hydroxyl groups excluding tert-OH is 2. The molecule has 8 heteroatoms. The van der Waals surface area contributed by atoms with Gasteiger partial charge in [-0.3, -0.25) is 14.4 Å². The molecular formula is C12H18O8. The summed E-state index contributed by atoms with van der Waals surface area (Å²) in [5.74, 6) is -4.69. The van der Waals surface area contributed by atoms with E-state index in [0.29, 0.717) is 0 Å². The van der Waals surface area contributed by atoms with Crippen molar-refractivity contribution in [3.05, 3.63) is 0 Å². The molecular weight excluding hydrogens is 272 g/mol. The molecule has 0 bridgehead atoms. The lowest BCUT2D eigenvalue weighted by atomic mass is 9.51. The maximum absolute atomic E-state index is 11.4. The van der Waals surface area contributed by atoms with E-state index in [4.69, 9.17) is 0 Å². The van der Waals surface area contributed by atoms with E-state index >= 15 is 0 Å². The summed E-state index contributed by atoms with van der Waals surface area (Å²) < 4.78 is 0. The van der Waals surface area contributed by atoms with Gasteiger partial charge in [0.05, 0.1) is 23.0 Å². The Balaban J connectivity index is 3.58. The van der Waals surface area contributed by atoms with Gasteiger partial charge in [-0.15, -0.1) is 0 Å². The summed E-state index contributed by atoms with van der Waals surface area (Å²) in [7, 11) is 0. The van der Waals surface area contributed by atoms with Crippen LogP contribution in [-0.2, 0) is 14.4 Å². The van der Waals surface area contributed by atoms with Gasteiger partial charge in [-0.05, 0) is 27.2 Å². The molecule has 1 rings (SSSR count). The summed E-state index contributed by atoms with van der Waals surface area (Å²) in [5, 5.41) is 48.1. The van der Waals surface area contributed by atoms with Crippen LogP contribution in [0.5, 0.6) is 0 Å². The van der Waals surface area contributed by atoms with Crippen molar-refractivity contribution in [2.45, 2.75) is 39.4 Å². The summed E-state index contributed by atoms with van der Waals surface area (Å²) in [6.45, 7) is 3.11. The minimum absolute atomic E-state index is 0.587. The summed E-state index contributed by atoms with van der Waals surface area (Å²) in [6.07, 6.45) is -4.46. The second-order valence-electron chi connectivity index (χ2n) is 6.01. The first-order chi connectivity index (χ1) is 8.85. The number of aliphatic carboxylic acids is 3. The Bertz CT molecular complexity index is 440. The monoisotopic (exact) mass is 290 g/mol. The van der Waals surface area contributed by atoms with Gasteiger partial charge in [-0.1, -0.05) is 0 Å². The molecule has 1 aliphatic rings. The van der Waals surface area contributed by atoms with E-state index in [1.165, 1.54) is 0 Å². The fourth-order valence-corrected chi connectivity index (χ4v) is 3.05. The molecule has 0 aromatic heterocycles. The van der Waals surface area contributed by atoms with Crippen molar-refractivity contribution in [3.8, 4) is 0 Å². The number of carboxylic acids is 3. The summed E-state index contributed by atoms with van der Waals surface area (Å²) >= 11 is 0. The summed E-state index contributed by atoms with van der Waals surface area (Å²) in [5.41, 5.74) is -6.31. The highest BCUT2D eigenvalue weighted by Gasteiger charge is 2.69. The van der Waals surface area contributed by atoms with E-state index in [1.807, 2.05) is 0 Å². The molecule has 0 amide bonds. The minimum Gasteiger partial charge on any atom is -0.481 e. The van der Waals surface area contributed by atoms with Crippen molar-refractivity contribution in [1.82, 2.24) is 0 Å². The molecule has 4 atom stereocenters. The van der Waals surface area contributed by atoms with E-state index in [0.717, 1.165) is 20.8 Å². The number of rotatable bonds is 3. The topological polar surface area (TPSA) is 152 Å². The summed E-state index contributed by atoms with van der Waals surface area (Å²) in [4.78, 5) is 34.2. The Hall–Kier alpha value is -1.67. The molecule has 5 N–H and O–H groups in total. The highest BCUT2D eigenvalue weighted by atomic mass is 16.4. The van der Waals surface area contributed by atoms with Crippen LogP contribution in [0.15, 0.2) is 0 Å². The molecule has 0 aromatic carbocycles. The van der Waals surface area contributed by atoms with Gasteiger partial charge in [-0.2, -0.15) is 0 Å². The molecule has 0 spiro atoms. The molecule has 0 heterocycles. The van der Waals surface area contributed by atoms with E-state index in [2.05, 4.69) is 0 Å². The van der Waals surface area contributed by atoms with Crippen molar-refractivity contribution < 1.29 is 39.9 Å². The molecule has 1 aliphatic carbocycles. The summed E-state index contributed by atoms with van der Waals surface area (Å²) in [6, 6.07) is 0. The largest absolute Gasteiger partial charge is 0.481 e. The van der Waals surface area contributed by atoms with E-state index in [-0.39, 0.29) is 0 Å². The Kier molecular flexibility index (Phi) is 3.62. The maximum Gasteiger partial charge on any atom is 0.314 e. The fourth-order valence-electron chi connectivity index (χ4n) is 3.05. The molecule has 0 radical (unpaired) electrons. The van der Waals surface area contributed by atoms with Crippen LogP contribution in [0.1, 0.15) is 27.2 Å². The minimum atomic E-state index is -2.31. The van der Waals surface area contributed by atoms with Gasteiger partial charge in [-0.25, -0.2) is 0 Å². The van der Waals surface area contributed by atoms with Crippen LogP contribution in [0.4, 0.5) is 0 Å². The average Bonchev–Trinajstić information content (AvgIpc) is 2.33. The molecule has 4 unspecified atom stereocenters. The predicted octanol–water partition coefficient (Wildman–Crippen LogP) is -0.615. The van der Waals surface area contributed by atoms with Crippen LogP contribution in [-0.4, -0.2) is 55.6 Å². The Labute approximate surface area is 114 Å². The van der Waals surface area contributed by atoms with E-state index in [9.17, 15) is 39.9 Å². The zero-order chi connectivity index (χ0) is 16.1. The predicted molar refractivity (Wildman–Crippen MR) is 63.9 cm³/mol. The van der Waals surface area contributed by atoms with Crippen LogP contribution in [0.3, 0.4) is 0 Å². The van der Waals surface area contributed by atoms with Gasteiger partial charge in [0.2, 0.25) is 0 Å². The number of hydrogen-bond acceptors (Lipinski definition) is 5. The first-order valence-corrected chi connectivity index (χ1v) is 5.91. The van der Waals surface area contributed by atoms with E-state index < -0.39 is 52.8 Å². The van der Waals surface area contributed by atoms with Gasteiger partial charge in [0.1, 0.15) is 5.41 Å². The van der Waals surface area contributed by atoms with E-state index in [1.54, 1.807) is 0 Å². The molecule has 0 saturated heterocycles. The van der Waals surface area contributed by atoms with Crippen molar-refractivity contribution in [3.63, 3.8) is 0 Å². The third-order valence-electron chi connectivity index (χ3n) is 4.52. The maximum atomic E-state index is 11.4. The SMILES string of the molecule is CC1(C(=O)O)CC(C)(C(=O)O)C(O)C(C)(C(=O)O)C1O. The van der Waals surface area contributed by atoms with Crippen molar-refractivity contribution >= 4 is 17.9 Å². The van der Waals surface area contributed by atoms with Gasteiger partial charge >= 0.3 is 17.9 Å². The number of aliphatic hydroxyl groups is 2. The molecule has 114 valence electrons. The Morgan fingerprint density at radius 1 is 0.800 bits per heavy atom. The van der Waals surface area contributed by atoms with Crippen LogP contribution in [0.25, 0.3) is 0 Å². The third-order valence-corrected chi connectivity index (χ3v) is 4.52. The van der Waals surface area contributed by atoms with Gasteiger partial charge in [0.15, 0.2) is 0 Å². The van der Waals surface area contributed by atoms with Crippen LogP contribution >= 0.6 is 0 Å². The Morgan fingerprint density at radius 2 is 1.10 bits per heavy atom. The third kappa shape index (κ3) is 1.79. The normalized spacial score (nSPS) is 44.9. The second-order valence-corrected chi connectivity index (χ2v) is 6.01. The van der Waals surface area contributed by atoms with Gasteiger partial charge in [0.25, 0.3) is 0 Å². The standard InChI is InChI=1S/C12H18O8/c1-10(7(15)16)4-11(2,8(17)18)6(14)12(3,5(10)13)9(19)20/h5-6,13-14H,4H2,1-3H3,(H,15,16)(H,17,18)(H,19,20). The van der Waals surface area contributed by atoms with Gasteiger partial charge < -0.3 is 25.5 Å². The second kappa shape index (κ2) is 4.42. The smallest absolute Gasteiger partial charge is 0.314 e. The number of carbonyl (C=O) groups is 3. The quantitative estimate of drug-likeness (QED) is 0.461. The molecule has 8 nitrogen and oxygen atoms in total. The zero-order valence-electron chi connectivity index (χ0n) is 11.3. The molecule has 0 aliphatic heterocycles. The van der Waals surface area contributed by atoms with Crippen LogP contribution in [0.2, 0.25) is 0 Å². The lowest BCUT2D eigenvalue weighted by molar-refractivity contribution is -0.227. The highest BCUT2D eigenvalue weighted by molar-refractivity contribution is 5.86. The number of carboxylic acid groups (broad SMARTS) is 3. The Morgan fingerprint density at radius 3 is 1.30 bits per heavy atom. The van der Waals surface area contributed by atoms with Crippen molar-refractivity contribution in [1.29, 1.82) is 0 Å². The van der Waals surface area contributed by atoms with Crippen LogP contribution in [0, 0.1) is 16.2 Å². The fraction of sp³-hybridized carbons (Fsp3) is 0.750. The van der Waals surface area contributed by atoms with Crippen molar-refractivity contribution in [2.75, 3.05) is 0 Å². The molecule has 1 saturated carbocycles. The lowest BCUT2D eigenvalue weighted by Crippen LogP contribution is -2.68. The number of hydrogen-bond donors (Lipinski definition) is 5. The first kappa shape index (κ1) is 16.4. The van der Waals surface area contributed by atoms with Gasteiger partial charge in [0, 0.05) is 0 Å². The zero-order valence-corrected chi connectivity index (χ0v) is 11.3. The molecule has 1 fully saturated rings. The van der Waals surface area contributed by atoms with Crippen molar-refractivity contribution in [2.24, 2.45) is 16.2 Å².